The lowest BCUT2D eigenvalue weighted by Crippen LogP contribution is -2.33. The summed E-state index contributed by atoms with van der Waals surface area (Å²) in [5, 5.41) is 15.3. The van der Waals surface area contributed by atoms with E-state index in [2.05, 4.69) is 10.6 Å². The molecule has 3 rings (SSSR count). The summed E-state index contributed by atoms with van der Waals surface area (Å²) in [6, 6.07) is 14.3. The largest absolute Gasteiger partial charge is 0.490 e. The number of carbonyl (C=O) groups excluding carboxylic acids is 2. The fourth-order valence-corrected chi connectivity index (χ4v) is 3.85. The molecule has 2 aromatic rings. The van der Waals surface area contributed by atoms with Crippen molar-refractivity contribution in [3.8, 4) is 17.6 Å². The minimum Gasteiger partial charge on any atom is -0.490 e. The summed E-state index contributed by atoms with van der Waals surface area (Å²) < 4.78 is 11.3. The van der Waals surface area contributed by atoms with Gasteiger partial charge in [0.05, 0.1) is 11.6 Å². The van der Waals surface area contributed by atoms with E-state index in [1.54, 1.807) is 31.2 Å². The second-order valence-electron chi connectivity index (χ2n) is 7.59. The number of hydrogen-bond donors (Lipinski definition) is 2. The Bertz CT molecular complexity index is 1060. The molecule has 2 aromatic carbocycles. The van der Waals surface area contributed by atoms with E-state index < -0.39 is 5.91 Å². The number of anilines is 1. The molecule has 0 radical (unpaired) electrons. The third-order valence-electron chi connectivity index (χ3n) is 5.10. The standard InChI is InChI=1S/C25H26ClN3O4/c1-2-32-22-14-17(12-18(15-27)25(31)29-20-10-6-7-11-20)13-21(26)24(22)33-16-23(30)28-19-8-4-3-5-9-19/h3-5,8-9,12-14,20H,2,6-7,10-11,16H2,1H3,(H,28,30)(H,29,31)/b18-12-. The normalized spacial score (nSPS) is 13.8. The number of nitriles is 1. The van der Waals surface area contributed by atoms with Crippen molar-refractivity contribution < 1.29 is 19.1 Å². The lowest BCUT2D eigenvalue weighted by molar-refractivity contribution is -0.118. The summed E-state index contributed by atoms with van der Waals surface area (Å²) in [6.07, 6.45) is 5.47. The van der Waals surface area contributed by atoms with Crippen LogP contribution in [0.4, 0.5) is 5.69 Å². The molecule has 0 saturated heterocycles. The first-order valence-electron chi connectivity index (χ1n) is 10.9. The van der Waals surface area contributed by atoms with E-state index in [0.29, 0.717) is 23.6 Å². The molecule has 2 amide bonds. The molecule has 0 unspecified atom stereocenters. The van der Waals surface area contributed by atoms with Crippen molar-refractivity contribution in [3.05, 3.63) is 58.6 Å². The summed E-state index contributed by atoms with van der Waals surface area (Å²) in [5.74, 6) is -0.222. The zero-order chi connectivity index (χ0) is 23.6. The van der Waals surface area contributed by atoms with Crippen LogP contribution < -0.4 is 20.1 Å². The van der Waals surface area contributed by atoms with Crippen molar-refractivity contribution in [3.63, 3.8) is 0 Å². The minimum absolute atomic E-state index is 0.0173. The molecule has 8 heteroatoms. The Kier molecular flexibility index (Phi) is 8.73. The van der Waals surface area contributed by atoms with Crippen LogP contribution in [-0.4, -0.2) is 31.1 Å². The van der Waals surface area contributed by atoms with Gasteiger partial charge in [0.25, 0.3) is 11.8 Å². The zero-order valence-electron chi connectivity index (χ0n) is 18.4. The van der Waals surface area contributed by atoms with E-state index in [1.165, 1.54) is 6.08 Å². The molecule has 172 valence electrons. The van der Waals surface area contributed by atoms with Gasteiger partial charge in [-0.15, -0.1) is 0 Å². The molecule has 7 nitrogen and oxygen atoms in total. The van der Waals surface area contributed by atoms with Gasteiger partial charge in [-0.1, -0.05) is 42.6 Å². The zero-order valence-corrected chi connectivity index (χ0v) is 19.2. The molecule has 1 fully saturated rings. The first-order valence-corrected chi connectivity index (χ1v) is 11.2. The van der Waals surface area contributed by atoms with Crippen LogP contribution in [-0.2, 0) is 9.59 Å². The number of para-hydroxylation sites is 1. The van der Waals surface area contributed by atoms with Crippen molar-refractivity contribution in [1.29, 1.82) is 5.26 Å². The predicted molar refractivity (Wildman–Crippen MR) is 127 cm³/mol. The highest BCUT2D eigenvalue weighted by Crippen LogP contribution is 2.37. The number of nitrogens with one attached hydrogen (secondary N) is 2. The molecule has 0 bridgehead atoms. The first-order chi connectivity index (χ1) is 16.0. The molecule has 0 spiro atoms. The molecule has 2 N–H and O–H groups in total. The third kappa shape index (κ3) is 6.99. The minimum atomic E-state index is -0.406. The number of rotatable bonds is 9. The molecule has 1 aliphatic rings. The van der Waals surface area contributed by atoms with Crippen LogP contribution in [0.3, 0.4) is 0 Å². The summed E-state index contributed by atoms with van der Waals surface area (Å²) >= 11 is 6.41. The van der Waals surface area contributed by atoms with E-state index in [9.17, 15) is 14.9 Å². The highest BCUT2D eigenvalue weighted by atomic mass is 35.5. The number of amides is 2. The van der Waals surface area contributed by atoms with Gasteiger partial charge in [-0.05, 0) is 55.7 Å². The van der Waals surface area contributed by atoms with Gasteiger partial charge in [0, 0.05) is 11.7 Å². The molecular formula is C25H26ClN3O4. The van der Waals surface area contributed by atoms with Crippen molar-refractivity contribution in [1.82, 2.24) is 5.32 Å². The molecule has 0 aliphatic heterocycles. The van der Waals surface area contributed by atoms with Gasteiger partial charge >= 0.3 is 0 Å². The van der Waals surface area contributed by atoms with Gasteiger partial charge < -0.3 is 20.1 Å². The van der Waals surface area contributed by atoms with E-state index in [1.807, 2.05) is 24.3 Å². The predicted octanol–water partition coefficient (Wildman–Crippen LogP) is 4.72. The summed E-state index contributed by atoms with van der Waals surface area (Å²) in [5.41, 5.74) is 1.15. The Labute approximate surface area is 198 Å². The number of benzene rings is 2. The summed E-state index contributed by atoms with van der Waals surface area (Å²) in [6.45, 7) is 1.87. The van der Waals surface area contributed by atoms with E-state index in [-0.39, 0.29) is 34.9 Å². The molecule has 0 atom stereocenters. The highest BCUT2D eigenvalue weighted by molar-refractivity contribution is 6.32. The van der Waals surface area contributed by atoms with Gasteiger partial charge in [0.15, 0.2) is 18.1 Å². The van der Waals surface area contributed by atoms with Gasteiger partial charge in [0.2, 0.25) is 0 Å². The third-order valence-corrected chi connectivity index (χ3v) is 5.38. The first kappa shape index (κ1) is 24.1. The average Bonchev–Trinajstić information content (AvgIpc) is 3.30. The number of carbonyl (C=O) groups is 2. The maximum absolute atomic E-state index is 12.5. The smallest absolute Gasteiger partial charge is 0.262 e. The number of hydrogen-bond acceptors (Lipinski definition) is 5. The van der Waals surface area contributed by atoms with Crippen LogP contribution in [0.2, 0.25) is 5.02 Å². The maximum atomic E-state index is 12.5. The van der Waals surface area contributed by atoms with Crippen molar-refractivity contribution in [2.45, 2.75) is 38.6 Å². The van der Waals surface area contributed by atoms with Crippen molar-refractivity contribution in [2.75, 3.05) is 18.5 Å². The molecule has 0 aromatic heterocycles. The highest BCUT2D eigenvalue weighted by Gasteiger charge is 2.20. The monoisotopic (exact) mass is 467 g/mol. The Morgan fingerprint density at radius 2 is 1.91 bits per heavy atom. The van der Waals surface area contributed by atoms with Crippen LogP contribution in [0, 0.1) is 11.3 Å². The van der Waals surface area contributed by atoms with Gasteiger partial charge in [-0.3, -0.25) is 9.59 Å². The number of ether oxygens (including phenoxy) is 2. The van der Waals surface area contributed by atoms with Gasteiger partial charge in [-0.2, -0.15) is 5.26 Å². The SMILES string of the molecule is CCOc1cc(/C=C(/C#N)C(=O)NC2CCCC2)cc(Cl)c1OCC(=O)Nc1ccccc1. The van der Waals surface area contributed by atoms with Crippen LogP contribution in [0.1, 0.15) is 38.2 Å². The van der Waals surface area contributed by atoms with Crippen molar-refractivity contribution in [2.24, 2.45) is 0 Å². The fraction of sp³-hybridized carbons (Fsp3) is 0.320. The Morgan fingerprint density at radius 3 is 2.58 bits per heavy atom. The van der Waals surface area contributed by atoms with Gasteiger partial charge in [0.1, 0.15) is 11.6 Å². The molecule has 33 heavy (non-hydrogen) atoms. The lowest BCUT2D eigenvalue weighted by Gasteiger charge is -2.15. The second-order valence-corrected chi connectivity index (χ2v) is 8.00. The Hall–Kier alpha value is -3.50. The summed E-state index contributed by atoms with van der Waals surface area (Å²) in [7, 11) is 0. The van der Waals surface area contributed by atoms with Crippen LogP contribution in [0.5, 0.6) is 11.5 Å². The molecule has 1 saturated carbocycles. The van der Waals surface area contributed by atoms with Crippen LogP contribution in [0.15, 0.2) is 48.0 Å². The van der Waals surface area contributed by atoms with E-state index in [4.69, 9.17) is 21.1 Å². The summed E-state index contributed by atoms with van der Waals surface area (Å²) in [4.78, 5) is 24.7. The Balaban J connectivity index is 1.74. The fourth-order valence-electron chi connectivity index (χ4n) is 3.58. The lowest BCUT2D eigenvalue weighted by atomic mass is 10.1. The number of halogens is 1. The maximum Gasteiger partial charge on any atom is 0.262 e. The van der Waals surface area contributed by atoms with Crippen LogP contribution >= 0.6 is 11.6 Å². The average molecular weight is 468 g/mol. The molecular weight excluding hydrogens is 442 g/mol. The molecule has 0 heterocycles. The van der Waals surface area contributed by atoms with E-state index in [0.717, 1.165) is 25.7 Å². The number of nitrogens with zero attached hydrogens (tertiary/aromatic N) is 1. The second kappa shape index (κ2) is 11.9. The van der Waals surface area contributed by atoms with Crippen molar-refractivity contribution >= 4 is 35.2 Å². The topological polar surface area (TPSA) is 100 Å². The Morgan fingerprint density at radius 1 is 1.18 bits per heavy atom. The molecule has 1 aliphatic carbocycles. The van der Waals surface area contributed by atoms with E-state index >= 15 is 0 Å². The van der Waals surface area contributed by atoms with Gasteiger partial charge in [-0.25, -0.2) is 0 Å². The van der Waals surface area contributed by atoms with Crippen LogP contribution in [0.25, 0.3) is 6.08 Å². The quantitative estimate of drug-likeness (QED) is 0.410.